The summed E-state index contributed by atoms with van der Waals surface area (Å²) in [5.74, 6) is 0. The third kappa shape index (κ3) is 2.32. The molecule has 0 saturated heterocycles. The smallest absolute Gasteiger partial charge is 0.0839 e. The molecule has 102 valence electrons. The predicted octanol–water partition coefficient (Wildman–Crippen LogP) is 3.27. The first-order chi connectivity index (χ1) is 9.79. The fourth-order valence-corrected chi connectivity index (χ4v) is 2.67. The second kappa shape index (κ2) is 5.47. The molecule has 1 unspecified atom stereocenters. The maximum absolute atomic E-state index is 4.57. The van der Waals surface area contributed by atoms with Crippen molar-refractivity contribution in [2.24, 2.45) is 7.05 Å². The van der Waals surface area contributed by atoms with Crippen molar-refractivity contribution in [1.82, 2.24) is 15.1 Å². The van der Waals surface area contributed by atoms with Gasteiger partial charge in [-0.2, -0.15) is 5.10 Å². The molecule has 0 bridgehead atoms. The highest BCUT2D eigenvalue weighted by Gasteiger charge is 2.17. The van der Waals surface area contributed by atoms with Crippen LogP contribution >= 0.6 is 0 Å². The maximum Gasteiger partial charge on any atom is 0.0839 e. The van der Waals surface area contributed by atoms with Crippen molar-refractivity contribution < 1.29 is 0 Å². The lowest BCUT2D eigenvalue weighted by Gasteiger charge is -2.18. The molecule has 1 heterocycles. The number of aryl methyl sites for hydroxylation is 1. The summed E-state index contributed by atoms with van der Waals surface area (Å²) in [5.41, 5.74) is 2.34. The van der Waals surface area contributed by atoms with Crippen LogP contribution in [-0.4, -0.2) is 16.3 Å². The van der Waals surface area contributed by atoms with Gasteiger partial charge < -0.3 is 5.32 Å². The molecule has 0 radical (unpaired) electrons. The fourth-order valence-electron chi connectivity index (χ4n) is 2.67. The van der Waals surface area contributed by atoms with Gasteiger partial charge in [0.25, 0.3) is 0 Å². The van der Waals surface area contributed by atoms with Crippen molar-refractivity contribution in [2.45, 2.75) is 13.0 Å². The Morgan fingerprint density at radius 1 is 1.10 bits per heavy atom. The lowest BCUT2D eigenvalue weighted by molar-refractivity contribution is 0.603. The lowest BCUT2D eigenvalue weighted by Crippen LogP contribution is -2.22. The summed E-state index contributed by atoms with van der Waals surface area (Å²) in [6.07, 6.45) is 1.99. The number of benzene rings is 2. The van der Waals surface area contributed by atoms with E-state index in [1.165, 1.54) is 16.3 Å². The number of hydrogen-bond acceptors (Lipinski definition) is 2. The predicted molar refractivity (Wildman–Crippen MR) is 82.7 cm³/mol. The Morgan fingerprint density at radius 2 is 1.90 bits per heavy atom. The molecule has 20 heavy (non-hydrogen) atoms. The largest absolute Gasteiger partial charge is 0.305 e. The molecule has 0 spiro atoms. The quantitative estimate of drug-likeness (QED) is 0.784. The second-order valence-electron chi connectivity index (χ2n) is 4.97. The highest BCUT2D eigenvalue weighted by molar-refractivity contribution is 5.86. The lowest BCUT2D eigenvalue weighted by atomic mass is 9.97. The molecule has 3 rings (SSSR count). The number of rotatable bonds is 4. The van der Waals surface area contributed by atoms with Crippen LogP contribution in [0.2, 0.25) is 0 Å². The maximum atomic E-state index is 4.57. The van der Waals surface area contributed by atoms with E-state index in [1.807, 2.05) is 17.9 Å². The molecule has 1 N–H and O–H groups in total. The molecule has 3 aromatic rings. The molecule has 0 saturated carbocycles. The number of nitrogens with zero attached hydrogens (tertiary/aromatic N) is 2. The highest BCUT2D eigenvalue weighted by atomic mass is 15.3. The van der Waals surface area contributed by atoms with Gasteiger partial charge in [0.1, 0.15) is 0 Å². The third-order valence-electron chi connectivity index (χ3n) is 3.57. The van der Waals surface area contributed by atoms with Crippen LogP contribution in [0, 0.1) is 0 Å². The van der Waals surface area contributed by atoms with Gasteiger partial charge in [-0.1, -0.05) is 49.4 Å². The molecule has 3 heteroatoms. The molecule has 1 atom stereocenters. The number of fused-ring (bicyclic) bond motifs is 1. The Morgan fingerprint density at radius 3 is 2.65 bits per heavy atom. The monoisotopic (exact) mass is 265 g/mol. The fraction of sp³-hybridized carbons (Fsp3) is 0.235. The summed E-state index contributed by atoms with van der Waals surface area (Å²) in [5, 5.41) is 10.7. The summed E-state index contributed by atoms with van der Waals surface area (Å²) in [4.78, 5) is 0. The average Bonchev–Trinajstić information content (AvgIpc) is 2.91. The first kappa shape index (κ1) is 12.9. The third-order valence-corrected chi connectivity index (χ3v) is 3.57. The van der Waals surface area contributed by atoms with Crippen LogP contribution in [-0.2, 0) is 7.05 Å². The molecule has 0 aliphatic rings. The van der Waals surface area contributed by atoms with E-state index in [2.05, 4.69) is 65.9 Å². The Bertz CT molecular complexity index is 710. The summed E-state index contributed by atoms with van der Waals surface area (Å²) in [7, 11) is 1.95. The van der Waals surface area contributed by atoms with Crippen molar-refractivity contribution in [3.05, 3.63) is 66.0 Å². The van der Waals surface area contributed by atoms with E-state index < -0.39 is 0 Å². The second-order valence-corrected chi connectivity index (χ2v) is 4.97. The standard InChI is InChI=1S/C17H19N3/c1-3-18-17(16-11-12-20(2)19-16)15-10-6-8-13-7-4-5-9-14(13)15/h4-12,17-18H,3H2,1-2H3. The minimum atomic E-state index is 0.132. The number of hydrogen-bond donors (Lipinski definition) is 1. The van der Waals surface area contributed by atoms with E-state index in [9.17, 15) is 0 Å². The van der Waals surface area contributed by atoms with Crippen molar-refractivity contribution in [1.29, 1.82) is 0 Å². The zero-order valence-electron chi connectivity index (χ0n) is 11.9. The Kier molecular flexibility index (Phi) is 3.52. The van der Waals surface area contributed by atoms with Gasteiger partial charge >= 0.3 is 0 Å². The molecule has 0 aliphatic heterocycles. The van der Waals surface area contributed by atoms with Gasteiger partial charge in [-0.15, -0.1) is 0 Å². The van der Waals surface area contributed by atoms with Crippen LogP contribution in [0.5, 0.6) is 0 Å². The van der Waals surface area contributed by atoms with Crippen molar-refractivity contribution in [3.63, 3.8) is 0 Å². The zero-order chi connectivity index (χ0) is 13.9. The summed E-state index contributed by atoms with van der Waals surface area (Å²) >= 11 is 0. The summed E-state index contributed by atoms with van der Waals surface area (Å²) in [6.45, 7) is 3.03. The minimum Gasteiger partial charge on any atom is -0.305 e. The molecular formula is C17H19N3. The highest BCUT2D eigenvalue weighted by Crippen LogP contribution is 2.28. The SMILES string of the molecule is CCNC(c1ccn(C)n1)c1cccc2ccccc12. The van der Waals surface area contributed by atoms with Gasteiger partial charge in [-0.25, -0.2) is 0 Å². The first-order valence-corrected chi connectivity index (χ1v) is 7.00. The van der Waals surface area contributed by atoms with E-state index in [0.717, 1.165) is 12.2 Å². The number of aromatic nitrogens is 2. The van der Waals surface area contributed by atoms with Gasteiger partial charge in [-0.05, 0) is 28.9 Å². The Hall–Kier alpha value is -2.13. The Balaban J connectivity index is 2.14. The Labute approximate surface area is 119 Å². The van der Waals surface area contributed by atoms with Gasteiger partial charge in [0, 0.05) is 13.2 Å². The molecule has 1 aromatic heterocycles. The summed E-state index contributed by atoms with van der Waals surface area (Å²) in [6, 6.07) is 17.2. The summed E-state index contributed by atoms with van der Waals surface area (Å²) < 4.78 is 1.85. The molecule has 0 aliphatic carbocycles. The molecule has 0 amide bonds. The van der Waals surface area contributed by atoms with E-state index in [1.54, 1.807) is 0 Å². The number of nitrogens with one attached hydrogen (secondary N) is 1. The normalized spacial score (nSPS) is 12.7. The van der Waals surface area contributed by atoms with Gasteiger partial charge in [-0.3, -0.25) is 4.68 Å². The minimum absolute atomic E-state index is 0.132. The van der Waals surface area contributed by atoms with E-state index in [-0.39, 0.29) is 6.04 Å². The van der Waals surface area contributed by atoms with Crippen LogP contribution in [0.3, 0.4) is 0 Å². The van der Waals surface area contributed by atoms with E-state index in [4.69, 9.17) is 0 Å². The first-order valence-electron chi connectivity index (χ1n) is 7.00. The molecular weight excluding hydrogens is 246 g/mol. The van der Waals surface area contributed by atoms with E-state index in [0.29, 0.717) is 0 Å². The average molecular weight is 265 g/mol. The zero-order valence-corrected chi connectivity index (χ0v) is 11.9. The van der Waals surface area contributed by atoms with Crippen LogP contribution in [0.25, 0.3) is 10.8 Å². The van der Waals surface area contributed by atoms with Crippen LogP contribution < -0.4 is 5.32 Å². The van der Waals surface area contributed by atoms with Gasteiger partial charge in [0.15, 0.2) is 0 Å². The van der Waals surface area contributed by atoms with Crippen molar-refractivity contribution in [2.75, 3.05) is 6.54 Å². The van der Waals surface area contributed by atoms with Crippen molar-refractivity contribution >= 4 is 10.8 Å². The van der Waals surface area contributed by atoms with Crippen LogP contribution in [0.15, 0.2) is 54.7 Å². The van der Waals surface area contributed by atoms with Gasteiger partial charge in [0.2, 0.25) is 0 Å². The van der Waals surface area contributed by atoms with Crippen LogP contribution in [0.4, 0.5) is 0 Å². The molecule has 2 aromatic carbocycles. The van der Waals surface area contributed by atoms with Crippen LogP contribution in [0.1, 0.15) is 24.2 Å². The molecule has 0 fully saturated rings. The topological polar surface area (TPSA) is 29.9 Å². The van der Waals surface area contributed by atoms with E-state index >= 15 is 0 Å². The molecule has 3 nitrogen and oxygen atoms in total. The van der Waals surface area contributed by atoms with Gasteiger partial charge in [0.05, 0.1) is 11.7 Å². The van der Waals surface area contributed by atoms with Crippen molar-refractivity contribution in [3.8, 4) is 0 Å².